The van der Waals surface area contributed by atoms with Crippen LogP contribution in [0.5, 0.6) is 0 Å². The first-order chi connectivity index (χ1) is 19.0. The molecule has 5 rings (SSSR count). The number of carbonyl (C=O) groups is 2. The van der Waals surface area contributed by atoms with Gasteiger partial charge < -0.3 is 15.0 Å². The van der Waals surface area contributed by atoms with Gasteiger partial charge in [0.1, 0.15) is 0 Å². The van der Waals surface area contributed by atoms with Gasteiger partial charge in [-0.05, 0) is 87.6 Å². The van der Waals surface area contributed by atoms with Crippen LogP contribution < -0.4 is 5.32 Å². The van der Waals surface area contributed by atoms with E-state index in [-0.39, 0.29) is 23.8 Å². The second kappa shape index (κ2) is 12.7. The van der Waals surface area contributed by atoms with Crippen LogP contribution in [0.25, 0.3) is 11.1 Å². The minimum atomic E-state index is -0.508. The van der Waals surface area contributed by atoms with Crippen molar-refractivity contribution in [2.45, 2.75) is 102 Å². The van der Waals surface area contributed by atoms with Gasteiger partial charge in [0.05, 0.1) is 17.9 Å². The number of hydrogen-bond donors (Lipinski definition) is 1. The van der Waals surface area contributed by atoms with Crippen molar-refractivity contribution in [2.75, 3.05) is 19.7 Å². The maximum absolute atomic E-state index is 13.9. The van der Waals surface area contributed by atoms with E-state index < -0.39 is 5.41 Å². The van der Waals surface area contributed by atoms with Crippen LogP contribution in [0, 0.1) is 5.92 Å². The van der Waals surface area contributed by atoms with E-state index in [1.54, 1.807) is 0 Å². The number of carbonyl (C=O) groups excluding carboxylic acids is 2. The maximum atomic E-state index is 13.9. The molecule has 2 saturated carbocycles. The zero-order chi connectivity index (χ0) is 27.2. The van der Waals surface area contributed by atoms with Gasteiger partial charge in [0.25, 0.3) is 0 Å². The average molecular weight is 531 g/mol. The Hall–Kier alpha value is -2.66. The fourth-order valence-electron chi connectivity index (χ4n) is 7.21. The van der Waals surface area contributed by atoms with E-state index in [1.165, 1.54) is 36.1 Å². The third kappa shape index (κ3) is 6.24. The number of amides is 1. The van der Waals surface area contributed by atoms with Gasteiger partial charge in [-0.2, -0.15) is 0 Å². The minimum Gasteiger partial charge on any atom is -0.466 e. The van der Waals surface area contributed by atoms with Gasteiger partial charge in [-0.15, -0.1) is 0 Å². The Morgan fingerprint density at radius 3 is 2.21 bits per heavy atom. The lowest BCUT2D eigenvalue weighted by Gasteiger charge is -2.35. The molecule has 5 nitrogen and oxygen atoms in total. The molecule has 1 heterocycles. The van der Waals surface area contributed by atoms with Gasteiger partial charge in [0.2, 0.25) is 5.91 Å². The number of rotatable bonds is 9. The number of nitrogens with zero attached hydrogens (tertiary/aromatic N) is 1. The van der Waals surface area contributed by atoms with Crippen molar-refractivity contribution in [3.8, 4) is 11.1 Å². The summed E-state index contributed by atoms with van der Waals surface area (Å²) in [5.74, 6) is -0.306. The van der Waals surface area contributed by atoms with Crippen LogP contribution in [0.2, 0.25) is 0 Å². The minimum absolute atomic E-state index is 0.0885. The van der Waals surface area contributed by atoms with Crippen molar-refractivity contribution >= 4 is 11.9 Å². The van der Waals surface area contributed by atoms with Crippen molar-refractivity contribution in [1.82, 2.24) is 10.2 Å². The maximum Gasteiger partial charge on any atom is 0.311 e. The van der Waals surface area contributed by atoms with Crippen LogP contribution in [-0.4, -0.2) is 48.6 Å². The Kier molecular flexibility index (Phi) is 9.06. The summed E-state index contributed by atoms with van der Waals surface area (Å²) in [6.07, 6.45) is 11.3. The summed E-state index contributed by atoms with van der Waals surface area (Å²) in [7, 11) is 0. The molecule has 3 atom stereocenters. The number of ether oxygens (including phenoxy) is 1. The highest BCUT2D eigenvalue weighted by Gasteiger charge is 2.44. The van der Waals surface area contributed by atoms with Crippen LogP contribution in [0.1, 0.15) is 89.2 Å². The Labute approximate surface area is 234 Å². The molecule has 1 amide bonds. The molecule has 210 valence electrons. The lowest BCUT2D eigenvalue weighted by Crippen LogP contribution is -2.51. The van der Waals surface area contributed by atoms with Crippen molar-refractivity contribution < 1.29 is 14.3 Å². The van der Waals surface area contributed by atoms with E-state index in [0.29, 0.717) is 6.61 Å². The summed E-state index contributed by atoms with van der Waals surface area (Å²) in [6, 6.07) is 18.2. The Bertz CT molecular complexity index is 1100. The molecule has 1 aliphatic heterocycles. The zero-order valence-corrected chi connectivity index (χ0v) is 23.9. The van der Waals surface area contributed by atoms with Crippen molar-refractivity contribution in [1.29, 1.82) is 0 Å². The van der Waals surface area contributed by atoms with E-state index in [0.717, 1.165) is 75.9 Å². The molecule has 0 radical (unpaired) electrons. The summed E-state index contributed by atoms with van der Waals surface area (Å²) in [6.45, 7) is 6.94. The molecule has 5 heteroatoms. The Balaban J connectivity index is 1.26. The molecule has 1 N–H and O–H groups in total. The van der Waals surface area contributed by atoms with Gasteiger partial charge in [-0.3, -0.25) is 9.59 Å². The number of nitrogens with one attached hydrogen (secondary N) is 1. The molecule has 3 fully saturated rings. The third-order valence-electron chi connectivity index (χ3n) is 9.67. The van der Waals surface area contributed by atoms with Crippen LogP contribution in [-0.2, 0) is 26.2 Å². The van der Waals surface area contributed by atoms with Gasteiger partial charge in [0.15, 0.2) is 0 Å². The molecular weight excluding hydrogens is 484 g/mol. The van der Waals surface area contributed by atoms with Gasteiger partial charge in [-0.25, -0.2) is 0 Å². The fourth-order valence-corrected chi connectivity index (χ4v) is 7.21. The predicted octanol–water partition coefficient (Wildman–Crippen LogP) is 6.43. The molecule has 1 saturated heterocycles. The highest BCUT2D eigenvalue weighted by atomic mass is 16.5. The van der Waals surface area contributed by atoms with Crippen LogP contribution in [0.3, 0.4) is 0 Å². The third-order valence-corrected chi connectivity index (χ3v) is 9.67. The highest BCUT2D eigenvalue weighted by molar-refractivity contribution is 5.89. The van der Waals surface area contributed by atoms with Crippen molar-refractivity contribution in [3.63, 3.8) is 0 Å². The van der Waals surface area contributed by atoms with E-state index in [4.69, 9.17) is 4.74 Å². The SMILES string of the molecule is CCOC(=O)C1CCCCC1NC(=O)C1(c2ccc(-c3ccc(CCN4CCCC4C)cc3)cc2)CCCC1. The Morgan fingerprint density at radius 1 is 0.897 bits per heavy atom. The zero-order valence-electron chi connectivity index (χ0n) is 23.9. The fraction of sp³-hybridized carbons (Fsp3) is 0.588. The van der Waals surface area contributed by atoms with Crippen molar-refractivity contribution in [3.05, 3.63) is 59.7 Å². The normalized spacial score (nSPS) is 24.9. The molecular formula is C34H46N2O3. The quantitative estimate of drug-likeness (QED) is 0.380. The summed E-state index contributed by atoms with van der Waals surface area (Å²) in [5, 5.41) is 3.33. The Morgan fingerprint density at radius 2 is 1.56 bits per heavy atom. The van der Waals surface area contributed by atoms with Crippen molar-refractivity contribution in [2.24, 2.45) is 5.92 Å². The molecule has 0 spiro atoms. The lowest BCUT2D eigenvalue weighted by atomic mass is 9.76. The second-order valence-corrected chi connectivity index (χ2v) is 12.1. The first-order valence-corrected chi connectivity index (χ1v) is 15.4. The van der Waals surface area contributed by atoms with E-state index in [2.05, 4.69) is 65.7 Å². The number of hydrogen-bond acceptors (Lipinski definition) is 4. The summed E-state index contributed by atoms with van der Waals surface area (Å²) in [5.41, 5.74) is 4.37. The highest BCUT2D eigenvalue weighted by Crippen LogP contribution is 2.42. The molecule has 3 aliphatic rings. The molecule has 0 bridgehead atoms. The van der Waals surface area contributed by atoms with Gasteiger partial charge >= 0.3 is 5.97 Å². The number of esters is 1. The summed E-state index contributed by atoms with van der Waals surface area (Å²) in [4.78, 5) is 29.1. The predicted molar refractivity (Wildman–Crippen MR) is 157 cm³/mol. The first-order valence-electron chi connectivity index (χ1n) is 15.4. The van der Waals surface area contributed by atoms with Gasteiger partial charge in [0, 0.05) is 18.6 Å². The molecule has 2 aromatic carbocycles. The summed E-state index contributed by atoms with van der Waals surface area (Å²) < 4.78 is 5.34. The average Bonchev–Trinajstić information content (AvgIpc) is 3.63. The lowest BCUT2D eigenvalue weighted by molar-refractivity contribution is -0.150. The summed E-state index contributed by atoms with van der Waals surface area (Å²) >= 11 is 0. The first kappa shape index (κ1) is 27.9. The van der Waals surface area contributed by atoms with Crippen LogP contribution >= 0.6 is 0 Å². The topological polar surface area (TPSA) is 58.6 Å². The number of likely N-dealkylation sites (tertiary alicyclic amines) is 1. The standard InChI is InChI=1S/C34H46N2O3/c1-3-39-32(37)30-10-4-5-11-31(30)35-33(38)34(21-6-7-22-34)29-18-16-28(17-19-29)27-14-12-26(13-15-27)20-24-36-23-8-9-25(36)2/h12-19,25,30-31H,3-11,20-24H2,1-2H3,(H,35,38). The number of benzene rings is 2. The van der Waals surface area contributed by atoms with Gasteiger partial charge in [-0.1, -0.05) is 74.2 Å². The van der Waals surface area contributed by atoms with E-state index in [1.807, 2.05) is 6.92 Å². The second-order valence-electron chi connectivity index (χ2n) is 12.1. The van der Waals surface area contributed by atoms with E-state index in [9.17, 15) is 9.59 Å². The largest absolute Gasteiger partial charge is 0.466 e. The molecule has 2 aliphatic carbocycles. The molecule has 3 unspecified atom stereocenters. The monoisotopic (exact) mass is 530 g/mol. The van der Waals surface area contributed by atoms with Crippen LogP contribution in [0.4, 0.5) is 0 Å². The van der Waals surface area contributed by atoms with Crippen LogP contribution in [0.15, 0.2) is 48.5 Å². The van der Waals surface area contributed by atoms with E-state index >= 15 is 0 Å². The molecule has 0 aromatic heterocycles. The smallest absolute Gasteiger partial charge is 0.311 e. The molecule has 2 aromatic rings. The molecule has 39 heavy (non-hydrogen) atoms.